The lowest BCUT2D eigenvalue weighted by Crippen LogP contribution is -2.48. The Bertz CT molecular complexity index is 728. The van der Waals surface area contributed by atoms with Gasteiger partial charge in [-0.25, -0.2) is 9.69 Å². The molecule has 0 N–H and O–H groups in total. The maximum atomic E-state index is 13.1. The fourth-order valence-corrected chi connectivity index (χ4v) is 3.81. The van der Waals surface area contributed by atoms with Gasteiger partial charge in [-0.15, -0.1) is 0 Å². The van der Waals surface area contributed by atoms with E-state index in [-0.39, 0.29) is 18.5 Å². The van der Waals surface area contributed by atoms with E-state index in [0.29, 0.717) is 6.42 Å². The minimum absolute atomic E-state index is 0.0453. The lowest BCUT2D eigenvalue weighted by molar-refractivity contribution is -0.143. The summed E-state index contributed by atoms with van der Waals surface area (Å²) in [5, 5.41) is 0. The highest BCUT2D eigenvalue weighted by molar-refractivity contribution is 6.45. The molecule has 27 heavy (non-hydrogen) atoms. The van der Waals surface area contributed by atoms with Crippen molar-refractivity contribution in [1.29, 1.82) is 0 Å². The Kier molecular flexibility index (Phi) is 5.88. The molecular weight excluding hydrogens is 346 g/mol. The van der Waals surface area contributed by atoms with Crippen LogP contribution in [0.1, 0.15) is 45.4 Å². The predicted octanol–water partition coefficient (Wildman–Crippen LogP) is 2.55. The Morgan fingerprint density at radius 3 is 2.26 bits per heavy atom. The van der Waals surface area contributed by atoms with Crippen LogP contribution >= 0.6 is 0 Å². The molecule has 5 amide bonds. The summed E-state index contributed by atoms with van der Waals surface area (Å²) in [5.74, 6) is -2.10. The van der Waals surface area contributed by atoms with Crippen LogP contribution in [0.25, 0.3) is 0 Å². The average Bonchev–Trinajstić information content (AvgIpc) is 2.88. The molecule has 0 bridgehead atoms. The number of carbonyl (C=O) groups excluding carboxylic acids is 4. The van der Waals surface area contributed by atoms with Crippen molar-refractivity contribution >= 4 is 29.4 Å². The SMILES string of the molecule is CCCN1C(=O)C(=O)N(CC(=O)N(c2ccccc2)C2CCCCC2)C1=O. The number of para-hydroxylation sites is 1. The molecule has 3 rings (SSSR count). The summed E-state index contributed by atoms with van der Waals surface area (Å²) in [6, 6.07) is 8.65. The first kappa shape index (κ1) is 19.1. The molecule has 7 nitrogen and oxygen atoms in total. The number of carbonyl (C=O) groups is 4. The second kappa shape index (κ2) is 8.33. The summed E-state index contributed by atoms with van der Waals surface area (Å²) in [5.41, 5.74) is 0.755. The van der Waals surface area contributed by atoms with Gasteiger partial charge in [0.2, 0.25) is 5.91 Å². The third kappa shape index (κ3) is 3.86. The molecule has 1 saturated heterocycles. The van der Waals surface area contributed by atoms with Gasteiger partial charge in [-0.2, -0.15) is 0 Å². The highest BCUT2D eigenvalue weighted by Gasteiger charge is 2.45. The van der Waals surface area contributed by atoms with Gasteiger partial charge in [0.1, 0.15) is 6.54 Å². The number of benzene rings is 1. The Morgan fingerprint density at radius 1 is 1.00 bits per heavy atom. The molecule has 0 spiro atoms. The van der Waals surface area contributed by atoms with E-state index in [1.807, 2.05) is 37.3 Å². The quantitative estimate of drug-likeness (QED) is 0.569. The van der Waals surface area contributed by atoms with Crippen LogP contribution in [0.4, 0.5) is 10.5 Å². The average molecular weight is 371 g/mol. The molecule has 0 atom stereocenters. The van der Waals surface area contributed by atoms with E-state index in [9.17, 15) is 19.2 Å². The summed E-state index contributed by atoms with van der Waals surface area (Å²) in [7, 11) is 0. The van der Waals surface area contributed by atoms with E-state index < -0.39 is 24.4 Å². The molecule has 2 fully saturated rings. The third-order valence-corrected chi connectivity index (χ3v) is 5.12. The molecule has 1 aromatic carbocycles. The smallest absolute Gasteiger partial charge is 0.308 e. The Labute approximate surface area is 158 Å². The van der Waals surface area contributed by atoms with Crippen LogP contribution in [0.3, 0.4) is 0 Å². The number of hydrogen-bond acceptors (Lipinski definition) is 4. The second-order valence-electron chi connectivity index (χ2n) is 7.02. The summed E-state index contributed by atoms with van der Waals surface area (Å²) in [4.78, 5) is 53.2. The largest absolute Gasteiger partial charge is 0.334 e. The van der Waals surface area contributed by atoms with Crippen LogP contribution in [0.5, 0.6) is 0 Å². The molecular formula is C20H25N3O4. The van der Waals surface area contributed by atoms with Crippen LogP contribution in [0.2, 0.25) is 0 Å². The first-order valence-corrected chi connectivity index (χ1v) is 9.59. The van der Waals surface area contributed by atoms with Gasteiger partial charge < -0.3 is 4.90 Å². The number of rotatable bonds is 6. The van der Waals surface area contributed by atoms with E-state index in [2.05, 4.69) is 0 Å². The van der Waals surface area contributed by atoms with E-state index >= 15 is 0 Å². The molecule has 0 unspecified atom stereocenters. The zero-order valence-corrected chi connectivity index (χ0v) is 15.6. The molecule has 0 aromatic heterocycles. The molecule has 7 heteroatoms. The number of imide groups is 2. The molecule has 144 valence electrons. The number of hydrogen-bond donors (Lipinski definition) is 0. The van der Waals surface area contributed by atoms with Crippen molar-refractivity contribution in [2.24, 2.45) is 0 Å². The van der Waals surface area contributed by atoms with Crippen LogP contribution in [-0.2, 0) is 14.4 Å². The maximum Gasteiger partial charge on any atom is 0.334 e. The first-order valence-electron chi connectivity index (χ1n) is 9.59. The van der Waals surface area contributed by atoms with E-state index in [1.165, 1.54) is 0 Å². The normalized spacial score (nSPS) is 18.3. The highest BCUT2D eigenvalue weighted by Crippen LogP contribution is 2.28. The third-order valence-electron chi connectivity index (χ3n) is 5.12. The van der Waals surface area contributed by atoms with Gasteiger partial charge in [0.25, 0.3) is 0 Å². The maximum absolute atomic E-state index is 13.1. The fraction of sp³-hybridized carbons (Fsp3) is 0.500. The van der Waals surface area contributed by atoms with Gasteiger partial charge in [-0.05, 0) is 31.4 Å². The van der Waals surface area contributed by atoms with Gasteiger partial charge in [-0.1, -0.05) is 44.4 Å². The standard InChI is InChI=1S/C20H25N3O4/c1-2-13-21-18(25)19(26)22(20(21)27)14-17(24)23(15-9-5-3-6-10-15)16-11-7-4-8-12-16/h3,5-6,9-10,16H,2,4,7-8,11-14H2,1H3. The van der Waals surface area contributed by atoms with Crippen LogP contribution in [0.15, 0.2) is 30.3 Å². The predicted molar refractivity (Wildman–Crippen MR) is 99.9 cm³/mol. The summed E-state index contributed by atoms with van der Waals surface area (Å²) in [6.45, 7) is 1.59. The summed E-state index contributed by atoms with van der Waals surface area (Å²) >= 11 is 0. The highest BCUT2D eigenvalue weighted by atomic mass is 16.2. The van der Waals surface area contributed by atoms with Crippen LogP contribution in [0, 0.1) is 0 Å². The lowest BCUT2D eigenvalue weighted by atomic mass is 9.93. The molecule has 0 radical (unpaired) electrons. The topological polar surface area (TPSA) is 78.0 Å². The van der Waals surface area contributed by atoms with E-state index in [1.54, 1.807) is 4.90 Å². The van der Waals surface area contributed by atoms with Crippen molar-refractivity contribution in [3.05, 3.63) is 30.3 Å². The fourth-order valence-electron chi connectivity index (χ4n) is 3.81. The van der Waals surface area contributed by atoms with Crippen LogP contribution in [-0.4, -0.2) is 52.7 Å². The summed E-state index contributed by atoms with van der Waals surface area (Å²) < 4.78 is 0. The number of anilines is 1. The zero-order chi connectivity index (χ0) is 19.4. The number of urea groups is 1. The van der Waals surface area contributed by atoms with Gasteiger partial charge in [-0.3, -0.25) is 19.3 Å². The van der Waals surface area contributed by atoms with E-state index in [4.69, 9.17) is 0 Å². The van der Waals surface area contributed by atoms with Crippen molar-refractivity contribution in [2.45, 2.75) is 51.5 Å². The Morgan fingerprint density at radius 2 is 1.63 bits per heavy atom. The van der Waals surface area contributed by atoms with Gasteiger partial charge in [0.05, 0.1) is 0 Å². The van der Waals surface area contributed by atoms with Gasteiger partial charge >= 0.3 is 17.8 Å². The molecule has 1 aliphatic heterocycles. The minimum atomic E-state index is -0.918. The van der Waals surface area contributed by atoms with Crippen molar-refractivity contribution < 1.29 is 19.2 Å². The van der Waals surface area contributed by atoms with Crippen molar-refractivity contribution in [3.8, 4) is 0 Å². The van der Waals surface area contributed by atoms with Crippen molar-refractivity contribution in [3.63, 3.8) is 0 Å². The zero-order valence-electron chi connectivity index (χ0n) is 15.6. The van der Waals surface area contributed by atoms with Gasteiger partial charge in [0, 0.05) is 18.3 Å². The monoisotopic (exact) mass is 371 g/mol. The number of nitrogens with zero attached hydrogens (tertiary/aromatic N) is 3. The van der Waals surface area contributed by atoms with Crippen molar-refractivity contribution in [1.82, 2.24) is 9.80 Å². The Balaban J connectivity index is 1.81. The lowest BCUT2D eigenvalue weighted by Gasteiger charge is -2.35. The molecule has 1 heterocycles. The minimum Gasteiger partial charge on any atom is -0.308 e. The van der Waals surface area contributed by atoms with Crippen molar-refractivity contribution in [2.75, 3.05) is 18.0 Å². The second-order valence-corrected chi connectivity index (χ2v) is 7.02. The van der Waals surface area contributed by atoms with Gasteiger partial charge in [0.15, 0.2) is 0 Å². The molecule has 2 aliphatic rings. The molecule has 1 aliphatic carbocycles. The first-order chi connectivity index (χ1) is 13.0. The number of amides is 5. The Hall–Kier alpha value is -2.70. The summed E-state index contributed by atoms with van der Waals surface area (Å²) in [6.07, 6.45) is 5.59. The van der Waals surface area contributed by atoms with Crippen LogP contribution < -0.4 is 4.90 Å². The molecule has 1 aromatic rings. The van der Waals surface area contributed by atoms with E-state index in [0.717, 1.165) is 47.6 Å². The molecule has 1 saturated carbocycles.